The van der Waals surface area contributed by atoms with E-state index in [0.29, 0.717) is 0 Å². The molecule has 1 rings (SSSR count). The van der Waals surface area contributed by atoms with Gasteiger partial charge in [-0.25, -0.2) is 0 Å². The van der Waals surface area contributed by atoms with E-state index in [1.165, 1.54) is 0 Å². The Hall–Kier alpha value is -0.800. The number of hydrogen-bond donors (Lipinski definition) is 1. The van der Waals surface area contributed by atoms with E-state index in [4.69, 9.17) is 0 Å². The Kier molecular flexibility index (Phi) is 5.03. The molecule has 0 heterocycles. The normalized spacial score (nSPS) is 12.2. The maximum atomic E-state index is 9.49. The van der Waals surface area contributed by atoms with Crippen LogP contribution in [0.4, 0.5) is 5.69 Å². The van der Waals surface area contributed by atoms with E-state index in [0.717, 1.165) is 28.8 Å². The summed E-state index contributed by atoms with van der Waals surface area (Å²) in [4.78, 5) is 2.21. The monoisotopic (exact) mass is 283 g/mol. The molecule has 1 N–H and O–H groups in total. The fourth-order valence-corrected chi connectivity index (χ4v) is 2.24. The highest BCUT2D eigenvalue weighted by Gasteiger charge is 2.09. The summed E-state index contributed by atoms with van der Waals surface area (Å²) in [5, 5.41) is 9.49. The van der Waals surface area contributed by atoms with Gasteiger partial charge in [-0.15, -0.1) is 6.58 Å². The van der Waals surface area contributed by atoms with Crippen molar-refractivity contribution in [2.75, 3.05) is 18.0 Å². The summed E-state index contributed by atoms with van der Waals surface area (Å²) < 4.78 is 1.01. The molecular weight excluding hydrogens is 266 g/mol. The SMILES string of the molecule is C=CCN(CC)c1ccc([C@@H](C)O)cc1Br. The van der Waals surface area contributed by atoms with Crippen molar-refractivity contribution < 1.29 is 5.11 Å². The fraction of sp³-hybridized carbons (Fsp3) is 0.385. The molecule has 88 valence electrons. The van der Waals surface area contributed by atoms with Gasteiger partial charge in [-0.05, 0) is 47.5 Å². The summed E-state index contributed by atoms with van der Waals surface area (Å²) in [5.41, 5.74) is 2.05. The molecule has 0 radical (unpaired) electrons. The zero-order chi connectivity index (χ0) is 12.1. The van der Waals surface area contributed by atoms with Crippen molar-refractivity contribution in [3.8, 4) is 0 Å². The molecule has 0 bridgehead atoms. The van der Waals surface area contributed by atoms with Gasteiger partial charge in [-0.2, -0.15) is 0 Å². The number of likely N-dealkylation sites (N-methyl/N-ethyl adjacent to an activating group) is 1. The molecule has 1 atom stereocenters. The van der Waals surface area contributed by atoms with E-state index in [9.17, 15) is 5.11 Å². The minimum atomic E-state index is -0.431. The van der Waals surface area contributed by atoms with Gasteiger partial charge in [0.2, 0.25) is 0 Å². The molecule has 0 aromatic heterocycles. The predicted molar refractivity (Wildman–Crippen MR) is 72.9 cm³/mol. The Balaban J connectivity index is 3.01. The van der Waals surface area contributed by atoms with Crippen LogP contribution in [-0.4, -0.2) is 18.2 Å². The lowest BCUT2D eigenvalue weighted by molar-refractivity contribution is 0.199. The Morgan fingerprint density at radius 3 is 2.69 bits per heavy atom. The van der Waals surface area contributed by atoms with Crippen LogP contribution in [0.2, 0.25) is 0 Å². The maximum absolute atomic E-state index is 9.49. The minimum Gasteiger partial charge on any atom is -0.389 e. The second kappa shape index (κ2) is 6.06. The van der Waals surface area contributed by atoms with Crippen molar-refractivity contribution in [2.24, 2.45) is 0 Å². The molecule has 2 nitrogen and oxygen atoms in total. The molecule has 0 amide bonds. The lowest BCUT2D eigenvalue weighted by atomic mass is 10.1. The molecule has 0 aliphatic heterocycles. The van der Waals surface area contributed by atoms with Crippen molar-refractivity contribution >= 4 is 21.6 Å². The van der Waals surface area contributed by atoms with Crippen molar-refractivity contribution in [2.45, 2.75) is 20.0 Å². The van der Waals surface area contributed by atoms with Gasteiger partial charge < -0.3 is 10.0 Å². The summed E-state index contributed by atoms with van der Waals surface area (Å²) in [7, 11) is 0. The number of halogens is 1. The number of rotatable bonds is 5. The van der Waals surface area contributed by atoms with E-state index < -0.39 is 6.10 Å². The van der Waals surface area contributed by atoms with E-state index in [1.807, 2.05) is 24.3 Å². The van der Waals surface area contributed by atoms with Crippen LogP contribution < -0.4 is 4.90 Å². The van der Waals surface area contributed by atoms with Crippen molar-refractivity contribution in [3.63, 3.8) is 0 Å². The Morgan fingerprint density at radius 1 is 1.56 bits per heavy atom. The second-order valence-corrected chi connectivity index (χ2v) is 4.57. The fourth-order valence-electron chi connectivity index (χ4n) is 1.59. The first-order valence-electron chi connectivity index (χ1n) is 5.43. The van der Waals surface area contributed by atoms with Crippen LogP contribution in [0.15, 0.2) is 35.3 Å². The van der Waals surface area contributed by atoms with Gasteiger partial charge in [-0.1, -0.05) is 12.1 Å². The topological polar surface area (TPSA) is 23.5 Å². The molecule has 0 spiro atoms. The van der Waals surface area contributed by atoms with E-state index >= 15 is 0 Å². The Labute approximate surface area is 106 Å². The molecule has 3 heteroatoms. The van der Waals surface area contributed by atoms with Gasteiger partial charge in [0.25, 0.3) is 0 Å². The molecule has 16 heavy (non-hydrogen) atoms. The minimum absolute atomic E-state index is 0.431. The van der Waals surface area contributed by atoms with Crippen LogP contribution in [0, 0.1) is 0 Å². The van der Waals surface area contributed by atoms with Crippen molar-refractivity contribution in [3.05, 3.63) is 40.9 Å². The van der Waals surface area contributed by atoms with Gasteiger partial charge in [0, 0.05) is 17.6 Å². The van der Waals surface area contributed by atoms with Gasteiger partial charge in [0.05, 0.1) is 11.8 Å². The highest BCUT2D eigenvalue weighted by atomic mass is 79.9. The average molecular weight is 284 g/mol. The van der Waals surface area contributed by atoms with Crippen LogP contribution in [0.5, 0.6) is 0 Å². The Morgan fingerprint density at radius 2 is 2.25 bits per heavy atom. The first-order chi connectivity index (χ1) is 7.60. The number of aliphatic hydroxyl groups excluding tert-OH is 1. The lowest BCUT2D eigenvalue weighted by Gasteiger charge is -2.23. The lowest BCUT2D eigenvalue weighted by Crippen LogP contribution is -2.22. The van der Waals surface area contributed by atoms with Gasteiger partial charge in [0.1, 0.15) is 0 Å². The van der Waals surface area contributed by atoms with E-state index in [2.05, 4.69) is 34.3 Å². The highest BCUT2D eigenvalue weighted by Crippen LogP contribution is 2.29. The molecule has 0 fully saturated rings. The van der Waals surface area contributed by atoms with Crippen LogP contribution >= 0.6 is 15.9 Å². The van der Waals surface area contributed by atoms with Crippen LogP contribution in [0.3, 0.4) is 0 Å². The molecule has 1 aromatic rings. The number of anilines is 1. The molecule has 1 aromatic carbocycles. The van der Waals surface area contributed by atoms with E-state index in [1.54, 1.807) is 6.92 Å². The van der Waals surface area contributed by atoms with Crippen molar-refractivity contribution in [1.29, 1.82) is 0 Å². The second-order valence-electron chi connectivity index (χ2n) is 3.71. The zero-order valence-electron chi connectivity index (χ0n) is 9.78. The first kappa shape index (κ1) is 13.3. The molecule has 0 aliphatic carbocycles. The smallest absolute Gasteiger partial charge is 0.0762 e. The third-order valence-corrected chi connectivity index (χ3v) is 3.16. The summed E-state index contributed by atoms with van der Waals surface area (Å²) >= 11 is 3.54. The van der Waals surface area contributed by atoms with Gasteiger partial charge >= 0.3 is 0 Å². The third kappa shape index (κ3) is 3.09. The summed E-state index contributed by atoms with van der Waals surface area (Å²) in [6, 6.07) is 5.95. The van der Waals surface area contributed by atoms with Crippen LogP contribution in [0.25, 0.3) is 0 Å². The molecule has 0 saturated heterocycles. The first-order valence-corrected chi connectivity index (χ1v) is 6.22. The number of aliphatic hydroxyl groups is 1. The molecule has 0 saturated carbocycles. The predicted octanol–water partition coefficient (Wildman–Crippen LogP) is 3.51. The zero-order valence-corrected chi connectivity index (χ0v) is 11.4. The number of benzene rings is 1. The Bertz CT molecular complexity index is 363. The maximum Gasteiger partial charge on any atom is 0.0762 e. The summed E-state index contributed by atoms with van der Waals surface area (Å²) in [6.07, 6.45) is 1.46. The van der Waals surface area contributed by atoms with Gasteiger partial charge in [0.15, 0.2) is 0 Å². The average Bonchev–Trinajstić information content (AvgIpc) is 2.26. The summed E-state index contributed by atoms with van der Waals surface area (Å²) in [5.74, 6) is 0. The molecule has 0 aliphatic rings. The third-order valence-electron chi connectivity index (χ3n) is 2.53. The van der Waals surface area contributed by atoms with Crippen LogP contribution in [-0.2, 0) is 0 Å². The number of nitrogens with zero attached hydrogens (tertiary/aromatic N) is 1. The number of hydrogen-bond acceptors (Lipinski definition) is 2. The van der Waals surface area contributed by atoms with Crippen LogP contribution in [0.1, 0.15) is 25.5 Å². The van der Waals surface area contributed by atoms with E-state index in [-0.39, 0.29) is 0 Å². The quantitative estimate of drug-likeness (QED) is 0.836. The molecular formula is C13H18BrNO. The largest absolute Gasteiger partial charge is 0.389 e. The van der Waals surface area contributed by atoms with Crippen molar-refractivity contribution in [1.82, 2.24) is 0 Å². The van der Waals surface area contributed by atoms with Gasteiger partial charge in [-0.3, -0.25) is 0 Å². The summed E-state index contributed by atoms with van der Waals surface area (Å²) in [6.45, 7) is 9.38. The standard InChI is InChI=1S/C13H18BrNO/c1-4-8-15(5-2)13-7-6-11(10(3)16)9-12(13)14/h4,6-7,9-10,16H,1,5,8H2,2-3H3/t10-/m1/s1. The highest BCUT2D eigenvalue weighted by molar-refractivity contribution is 9.10. The molecule has 0 unspecified atom stereocenters.